The molecule has 9 nitrogen and oxygen atoms in total. The first-order valence-corrected chi connectivity index (χ1v) is 11.6. The van der Waals surface area contributed by atoms with E-state index >= 15 is 0 Å². The minimum Gasteiger partial charge on any atom is -0.497 e. The second-order valence-corrected chi connectivity index (χ2v) is 8.96. The third-order valence-electron chi connectivity index (χ3n) is 6.49. The molecule has 0 spiro atoms. The van der Waals surface area contributed by atoms with Crippen molar-refractivity contribution in [3.8, 4) is 5.75 Å². The molecule has 4 amide bonds. The summed E-state index contributed by atoms with van der Waals surface area (Å²) in [5.41, 5.74) is 2.39. The van der Waals surface area contributed by atoms with Crippen molar-refractivity contribution in [1.82, 2.24) is 25.6 Å². The summed E-state index contributed by atoms with van der Waals surface area (Å²) < 4.78 is 19.1. The Kier molecular flexibility index (Phi) is 7.32. The minimum atomic E-state index is -1.30. The van der Waals surface area contributed by atoms with Crippen LogP contribution in [-0.2, 0) is 21.7 Å². The molecule has 2 N–H and O–H groups in total. The summed E-state index contributed by atoms with van der Waals surface area (Å²) in [5, 5.41) is 3.41. The maximum atomic E-state index is 14.0. The summed E-state index contributed by atoms with van der Waals surface area (Å²) in [6, 6.07) is 12.9. The molecule has 2 aromatic rings. The number of hydrogen-bond donors (Lipinski definition) is 2. The number of benzene rings is 2. The molecule has 4 rings (SSSR count). The van der Waals surface area contributed by atoms with Crippen LogP contribution in [0.4, 0.5) is 9.18 Å². The van der Waals surface area contributed by atoms with Gasteiger partial charge in [0.15, 0.2) is 0 Å². The summed E-state index contributed by atoms with van der Waals surface area (Å²) in [4.78, 5) is 42.4. The van der Waals surface area contributed by atoms with Gasteiger partial charge in [-0.2, -0.15) is 5.01 Å². The molecule has 2 fully saturated rings. The Morgan fingerprint density at radius 2 is 1.74 bits per heavy atom. The molecular weight excluding hydrogens is 453 g/mol. The number of amides is 4. The Morgan fingerprint density at radius 1 is 1.06 bits per heavy atom. The maximum Gasteiger partial charge on any atom is 0.344 e. The van der Waals surface area contributed by atoms with E-state index in [4.69, 9.17) is 4.74 Å². The van der Waals surface area contributed by atoms with Crippen LogP contribution in [0.5, 0.6) is 5.75 Å². The van der Waals surface area contributed by atoms with Gasteiger partial charge in [0.1, 0.15) is 17.1 Å². The SMILES string of the molecule is COc1ccc(C2(C)NC(=O)N(NC(=O)CN3CCCN(Cc4ccccc4F)CC3)C2=O)cc1. The second-order valence-electron chi connectivity index (χ2n) is 8.96. The van der Waals surface area contributed by atoms with Crippen molar-refractivity contribution in [2.45, 2.75) is 25.4 Å². The molecule has 2 heterocycles. The van der Waals surface area contributed by atoms with Crippen molar-refractivity contribution >= 4 is 17.8 Å². The van der Waals surface area contributed by atoms with E-state index in [1.54, 1.807) is 50.4 Å². The highest BCUT2D eigenvalue weighted by Gasteiger charge is 2.50. The minimum absolute atomic E-state index is 0.0455. The van der Waals surface area contributed by atoms with Gasteiger partial charge in [-0.25, -0.2) is 9.18 Å². The fourth-order valence-corrected chi connectivity index (χ4v) is 4.43. The Labute approximate surface area is 203 Å². The predicted molar refractivity (Wildman–Crippen MR) is 127 cm³/mol. The van der Waals surface area contributed by atoms with Gasteiger partial charge < -0.3 is 10.1 Å². The Morgan fingerprint density at radius 3 is 2.46 bits per heavy atom. The third-order valence-corrected chi connectivity index (χ3v) is 6.49. The van der Waals surface area contributed by atoms with E-state index in [-0.39, 0.29) is 12.4 Å². The molecule has 2 aliphatic heterocycles. The predicted octanol–water partition coefficient (Wildman–Crippen LogP) is 1.84. The number of nitrogens with zero attached hydrogens (tertiary/aromatic N) is 3. The highest BCUT2D eigenvalue weighted by atomic mass is 19.1. The van der Waals surface area contributed by atoms with Crippen molar-refractivity contribution in [3.05, 3.63) is 65.5 Å². The monoisotopic (exact) mass is 483 g/mol. The highest BCUT2D eigenvalue weighted by Crippen LogP contribution is 2.29. The van der Waals surface area contributed by atoms with Gasteiger partial charge in [-0.3, -0.25) is 24.8 Å². The lowest BCUT2D eigenvalue weighted by Crippen LogP contribution is -2.51. The van der Waals surface area contributed by atoms with E-state index in [0.717, 1.165) is 18.0 Å². The van der Waals surface area contributed by atoms with Crippen molar-refractivity contribution in [3.63, 3.8) is 0 Å². The summed E-state index contributed by atoms with van der Waals surface area (Å²) in [5.74, 6) is -0.602. The quantitative estimate of drug-likeness (QED) is 0.584. The Bertz CT molecular complexity index is 1100. The number of rotatable bonds is 7. The van der Waals surface area contributed by atoms with Crippen molar-refractivity contribution < 1.29 is 23.5 Å². The second kappa shape index (κ2) is 10.4. The van der Waals surface area contributed by atoms with Gasteiger partial charge in [0.05, 0.1) is 13.7 Å². The molecule has 1 atom stereocenters. The van der Waals surface area contributed by atoms with Gasteiger partial charge in [0, 0.05) is 25.2 Å². The van der Waals surface area contributed by atoms with Gasteiger partial charge in [-0.15, -0.1) is 0 Å². The van der Waals surface area contributed by atoms with Crippen molar-refractivity contribution in [1.29, 1.82) is 0 Å². The smallest absolute Gasteiger partial charge is 0.344 e. The van der Waals surface area contributed by atoms with Crippen LogP contribution in [0.2, 0.25) is 0 Å². The molecule has 2 saturated heterocycles. The highest BCUT2D eigenvalue weighted by molar-refractivity contribution is 6.08. The topological polar surface area (TPSA) is 94.2 Å². The number of hydrazine groups is 1. The van der Waals surface area contributed by atoms with E-state index in [2.05, 4.69) is 15.6 Å². The number of carbonyl (C=O) groups is 3. The number of methoxy groups -OCH3 is 1. The molecule has 35 heavy (non-hydrogen) atoms. The van der Waals surface area contributed by atoms with E-state index in [9.17, 15) is 18.8 Å². The van der Waals surface area contributed by atoms with Crippen molar-refractivity contribution in [2.75, 3.05) is 39.8 Å². The van der Waals surface area contributed by atoms with Crippen LogP contribution in [0.3, 0.4) is 0 Å². The first-order valence-electron chi connectivity index (χ1n) is 11.6. The normalized spacial score (nSPS) is 21.5. The number of imide groups is 1. The van der Waals surface area contributed by atoms with Gasteiger partial charge in [-0.05, 0) is 50.2 Å². The average molecular weight is 484 g/mol. The molecule has 2 aliphatic rings. The van der Waals surface area contributed by atoms with Gasteiger partial charge in [-0.1, -0.05) is 30.3 Å². The lowest BCUT2D eigenvalue weighted by Gasteiger charge is -2.24. The van der Waals surface area contributed by atoms with Gasteiger partial charge in [0.25, 0.3) is 11.8 Å². The maximum absolute atomic E-state index is 14.0. The Balaban J connectivity index is 1.32. The molecule has 186 valence electrons. The number of hydrogen-bond acceptors (Lipinski definition) is 6. The zero-order valence-corrected chi connectivity index (χ0v) is 19.9. The van der Waals surface area contributed by atoms with E-state index in [0.29, 0.717) is 43.1 Å². The van der Waals surface area contributed by atoms with Crippen LogP contribution in [-0.4, -0.2) is 72.5 Å². The molecule has 0 radical (unpaired) electrons. The largest absolute Gasteiger partial charge is 0.497 e. The molecule has 10 heteroatoms. The molecule has 1 unspecified atom stereocenters. The molecule has 2 aromatic carbocycles. The number of halogens is 1. The Hall–Kier alpha value is -3.50. The van der Waals surface area contributed by atoms with Crippen LogP contribution in [0, 0.1) is 5.82 Å². The standard InChI is InChI=1S/C25H30FN5O4/c1-25(19-8-10-20(35-2)11-9-19)23(33)31(24(34)27-25)28-22(32)17-30-13-5-12-29(14-15-30)16-18-6-3-4-7-21(18)26/h3-4,6-11H,5,12-17H2,1-2H3,(H,27,34)(H,28,32). The molecule has 0 aliphatic carbocycles. The zero-order chi connectivity index (χ0) is 25.0. The number of carbonyl (C=O) groups excluding carboxylic acids is 3. The molecule has 0 aromatic heterocycles. The first kappa shape index (κ1) is 24.6. The number of ether oxygens (including phenoxy) is 1. The molecule has 0 saturated carbocycles. The summed E-state index contributed by atoms with van der Waals surface area (Å²) in [6.45, 7) is 4.93. The zero-order valence-electron chi connectivity index (χ0n) is 19.9. The van der Waals surface area contributed by atoms with E-state index < -0.39 is 23.4 Å². The number of nitrogens with one attached hydrogen (secondary N) is 2. The number of urea groups is 1. The molecular formula is C25H30FN5O4. The van der Waals surface area contributed by atoms with Gasteiger partial charge >= 0.3 is 6.03 Å². The van der Waals surface area contributed by atoms with Crippen LogP contribution in [0.25, 0.3) is 0 Å². The lowest BCUT2D eigenvalue weighted by atomic mass is 9.92. The molecule has 0 bridgehead atoms. The van der Waals surface area contributed by atoms with Crippen molar-refractivity contribution in [2.24, 2.45) is 0 Å². The van der Waals surface area contributed by atoms with Crippen LogP contribution < -0.4 is 15.5 Å². The fourth-order valence-electron chi connectivity index (χ4n) is 4.43. The van der Waals surface area contributed by atoms with Crippen LogP contribution in [0.15, 0.2) is 48.5 Å². The lowest BCUT2D eigenvalue weighted by molar-refractivity contribution is -0.139. The van der Waals surface area contributed by atoms with E-state index in [1.807, 2.05) is 11.0 Å². The summed E-state index contributed by atoms with van der Waals surface area (Å²) in [7, 11) is 1.54. The first-order chi connectivity index (χ1) is 16.8. The average Bonchev–Trinajstić information content (AvgIpc) is 2.98. The van der Waals surface area contributed by atoms with E-state index in [1.165, 1.54) is 6.07 Å². The van der Waals surface area contributed by atoms with Crippen LogP contribution in [0.1, 0.15) is 24.5 Å². The van der Waals surface area contributed by atoms with Crippen LogP contribution >= 0.6 is 0 Å². The fraction of sp³-hybridized carbons (Fsp3) is 0.400. The summed E-state index contributed by atoms with van der Waals surface area (Å²) in [6.07, 6.45) is 0.820. The third kappa shape index (κ3) is 5.44. The van der Waals surface area contributed by atoms with Gasteiger partial charge in [0.2, 0.25) is 0 Å². The summed E-state index contributed by atoms with van der Waals surface area (Å²) >= 11 is 0.